The summed E-state index contributed by atoms with van der Waals surface area (Å²) in [6, 6.07) is 20.7. The molecule has 0 aliphatic rings. The van der Waals surface area contributed by atoms with Crippen LogP contribution >= 0.6 is 0 Å². The third-order valence-electron chi connectivity index (χ3n) is 3.87. The SMILES string of the molecule is CC(=O)O[SiH3].CCO[SiH2]Cc1c2ccccc2cc2ccccc12. The Bertz CT molecular complexity index is 764. The molecule has 0 amide bonds. The van der Waals surface area contributed by atoms with Crippen molar-refractivity contribution < 1.29 is 13.6 Å². The van der Waals surface area contributed by atoms with Crippen LogP contribution in [0.25, 0.3) is 21.5 Å². The Balaban J connectivity index is 0.000000368. The number of carbonyl (C=O) groups is 1. The van der Waals surface area contributed by atoms with Gasteiger partial charge in [-0.05, 0) is 46.1 Å². The van der Waals surface area contributed by atoms with Gasteiger partial charge in [-0.2, -0.15) is 0 Å². The molecule has 0 aliphatic carbocycles. The number of fused-ring (bicyclic) bond motifs is 2. The Morgan fingerprint density at radius 2 is 1.54 bits per heavy atom. The lowest BCUT2D eigenvalue weighted by molar-refractivity contribution is -0.131. The van der Waals surface area contributed by atoms with Crippen molar-refractivity contribution in [2.75, 3.05) is 6.61 Å². The minimum absolute atomic E-state index is 0.184. The summed E-state index contributed by atoms with van der Waals surface area (Å²) in [5.41, 5.74) is 1.47. The first-order chi connectivity index (χ1) is 11.7. The molecule has 0 saturated carbocycles. The highest BCUT2D eigenvalue weighted by Gasteiger charge is 2.07. The summed E-state index contributed by atoms with van der Waals surface area (Å²) in [5, 5.41) is 5.44. The van der Waals surface area contributed by atoms with E-state index in [0.717, 1.165) is 12.7 Å². The average Bonchev–Trinajstić information content (AvgIpc) is 2.61. The van der Waals surface area contributed by atoms with Crippen molar-refractivity contribution in [1.82, 2.24) is 0 Å². The highest BCUT2D eigenvalue weighted by atomic mass is 28.2. The number of rotatable bonds is 4. The first kappa shape index (κ1) is 18.4. The van der Waals surface area contributed by atoms with E-state index in [1.807, 2.05) is 0 Å². The van der Waals surface area contributed by atoms with Gasteiger partial charge in [0, 0.05) is 13.5 Å². The average molecular weight is 357 g/mol. The van der Waals surface area contributed by atoms with Gasteiger partial charge < -0.3 is 8.85 Å². The minimum atomic E-state index is -0.463. The Morgan fingerprint density at radius 3 is 2.00 bits per heavy atom. The van der Waals surface area contributed by atoms with Crippen LogP contribution in [0.2, 0.25) is 0 Å². The van der Waals surface area contributed by atoms with E-state index >= 15 is 0 Å². The molecule has 0 unspecified atom stereocenters. The van der Waals surface area contributed by atoms with Crippen LogP contribution in [-0.2, 0) is 19.7 Å². The maximum absolute atomic E-state index is 9.62. The summed E-state index contributed by atoms with van der Waals surface area (Å²) in [6.45, 7) is 4.32. The van der Waals surface area contributed by atoms with E-state index in [1.165, 1.54) is 34.0 Å². The summed E-state index contributed by atoms with van der Waals surface area (Å²) < 4.78 is 9.92. The molecule has 3 nitrogen and oxygen atoms in total. The number of carbonyl (C=O) groups excluding carboxylic acids is 1. The molecule has 0 aliphatic heterocycles. The van der Waals surface area contributed by atoms with Crippen molar-refractivity contribution in [3.8, 4) is 0 Å². The molecule has 3 aromatic carbocycles. The molecule has 3 rings (SSSR count). The van der Waals surface area contributed by atoms with Gasteiger partial charge in [-0.1, -0.05) is 48.5 Å². The van der Waals surface area contributed by atoms with Gasteiger partial charge in [-0.3, -0.25) is 4.79 Å². The third kappa shape index (κ3) is 4.77. The van der Waals surface area contributed by atoms with Crippen molar-refractivity contribution in [1.29, 1.82) is 0 Å². The predicted molar refractivity (Wildman–Crippen MR) is 107 cm³/mol. The van der Waals surface area contributed by atoms with E-state index in [9.17, 15) is 4.79 Å². The van der Waals surface area contributed by atoms with Gasteiger partial charge in [0.15, 0.2) is 9.76 Å². The van der Waals surface area contributed by atoms with Gasteiger partial charge in [0.2, 0.25) is 10.5 Å². The molecule has 5 heteroatoms. The molecule has 3 aromatic rings. The molecule has 0 aromatic heterocycles. The summed E-state index contributed by atoms with van der Waals surface area (Å²) in [7, 11) is 0.0605. The Morgan fingerprint density at radius 1 is 1.04 bits per heavy atom. The van der Waals surface area contributed by atoms with Crippen LogP contribution in [0.1, 0.15) is 19.4 Å². The zero-order valence-electron chi connectivity index (χ0n) is 14.5. The monoisotopic (exact) mass is 356 g/mol. The first-order valence-electron chi connectivity index (χ1n) is 8.19. The van der Waals surface area contributed by atoms with Crippen LogP contribution in [0.4, 0.5) is 0 Å². The lowest BCUT2D eigenvalue weighted by Gasteiger charge is -2.11. The smallest absolute Gasteiger partial charge is 0.288 e. The topological polar surface area (TPSA) is 35.5 Å². The Hall–Kier alpha value is -1.96. The van der Waals surface area contributed by atoms with Crippen LogP contribution < -0.4 is 0 Å². The molecule has 0 atom stereocenters. The van der Waals surface area contributed by atoms with Crippen LogP contribution in [0.5, 0.6) is 0 Å². The number of hydrogen-bond acceptors (Lipinski definition) is 3. The van der Waals surface area contributed by atoms with E-state index in [1.54, 1.807) is 0 Å². The first-order valence-corrected chi connectivity index (χ1v) is 10.6. The quantitative estimate of drug-likeness (QED) is 0.409. The normalized spacial score (nSPS) is 10.9. The predicted octanol–water partition coefficient (Wildman–Crippen LogP) is 2.44. The van der Waals surface area contributed by atoms with Crippen LogP contribution in [0.3, 0.4) is 0 Å². The van der Waals surface area contributed by atoms with Gasteiger partial charge in [-0.15, -0.1) is 0 Å². The largest absolute Gasteiger partial charge is 0.529 e. The van der Waals surface area contributed by atoms with E-state index in [2.05, 4.69) is 65.9 Å². The molecule has 0 N–H and O–H groups in total. The molecule has 0 radical (unpaired) electrons. The standard InChI is InChI=1S/C17H18OSi.C2H6O2Si/c1-2-18-19-12-17-15-9-5-3-7-13(15)11-14-8-4-6-10-16(14)17;1-2(3)4-5/h3-11H,2,12,19H2,1H3;1,5H3. The molecule has 0 saturated heterocycles. The van der Waals surface area contributed by atoms with Crippen LogP contribution in [0, 0.1) is 0 Å². The van der Waals surface area contributed by atoms with E-state index in [0.29, 0.717) is 10.5 Å². The number of benzene rings is 3. The zero-order chi connectivity index (χ0) is 17.4. The van der Waals surface area contributed by atoms with Crippen molar-refractivity contribution in [2.45, 2.75) is 19.9 Å². The third-order valence-corrected chi connectivity index (χ3v) is 5.85. The molecule has 24 heavy (non-hydrogen) atoms. The van der Waals surface area contributed by atoms with Crippen molar-refractivity contribution >= 4 is 47.8 Å². The van der Waals surface area contributed by atoms with Gasteiger partial charge in [0.1, 0.15) is 0 Å². The fourth-order valence-corrected chi connectivity index (χ4v) is 3.87. The Kier molecular flexibility index (Phi) is 7.17. The number of hydrogen-bond donors (Lipinski definition) is 0. The highest BCUT2D eigenvalue weighted by molar-refractivity contribution is 6.28. The molecular formula is C19H24O3Si2. The highest BCUT2D eigenvalue weighted by Crippen LogP contribution is 2.28. The minimum Gasteiger partial charge on any atom is -0.529 e. The zero-order valence-corrected chi connectivity index (χ0v) is 18.0. The van der Waals surface area contributed by atoms with Gasteiger partial charge in [-0.25, -0.2) is 0 Å². The van der Waals surface area contributed by atoms with Gasteiger partial charge in [0.05, 0.1) is 0 Å². The fourth-order valence-electron chi connectivity index (χ4n) is 2.70. The second kappa shape index (κ2) is 9.37. The molecular weight excluding hydrogens is 332 g/mol. The summed E-state index contributed by atoms with van der Waals surface area (Å²) in [4.78, 5) is 9.62. The van der Waals surface area contributed by atoms with Crippen LogP contribution in [-0.4, -0.2) is 32.8 Å². The van der Waals surface area contributed by atoms with Crippen molar-refractivity contribution in [3.63, 3.8) is 0 Å². The molecule has 0 fully saturated rings. The maximum atomic E-state index is 9.62. The van der Waals surface area contributed by atoms with E-state index < -0.39 is 9.76 Å². The maximum Gasteiger partial charge on any atom is 0.288 e. The Labute approximate surface area is 148 Å². The fraction of sp³-hybridized carbons (Fsp3) is 0.211. The second-order valence-electron chi connectivity index (χ2n) is 5.44. The van der Waals surface area contributed by atoms with E-state index in [4.69, 9.17) is 4.43 Å². The summed E-state index contributed by atoms with van der Waals surface area (Å²) in [5.74, 6) is -0.184. The van der Waals surface area contributed by atoms with Gasteiger partial charge >= 0.3 is 0 Å². The van der Waals surface area contributed by atoms with Crippen molar-refractivity contribution in [2.24, 2.45) is 0 Å². The van der Waals surface area contributed by atoms with E-state index in [-0.39, 0.29) is 5.97 Å². The lowest BCUT2D eigenvalue weighted by atomic mass is 9.98. The molecule has 0 bridgehead atoms. The molecule has 0 heterocycles. The summed E-state index contributed by atoms with van der Waals surface area (Å²) in [6.07, 6.45) is 0. The lowest BCUT2D eigenvalue weighted by Crippen LogP contribution is -2.03. The van der Waals surface area contributed by atoms with Crippen LogP contribution in [0.15, 0.2) is 54.6 Å². The van der Waals surface area contributed by atoms with Gasteiger partial charge in [0.25, 0.3) is 5.97 Å². The summed E-state index contributed by atoms with van der Waals surface area (Å²) >= 11 is 0. The molecule has 126 valence electrons. The molecule has 0 spiro atoms. The second-order valence-corrected chi connectivity index (χ2v) is 7.16. The van der Waals surface area contributed by atoms with Crippen molar-refractivity contribution in [3.05, 3.63) is 60.2 Å².